The molecule has 0 N–H and O–H groups in total. The zero-order chi connectivity index (χ0) is 14.4. The van der Waals surface area contributed by atoms with Crippen molar-refractivity contribution < 1.29 is 17.7 Å². The molecule has 0 saturated heterocycles. The van der Waals surface area contributed by atoms with E-state index in [4.69, 9.17) is 23.2 Å². The minimum atomic E-state index is -5.17. The predicted molar refractivity (Wildman–Crippen MR) is 59.9 cm³/mol. The lowest BCUT2D eigenvalue weighted by Crippen LogP contribution is -2.37. The van der Waals surface area contributed by atoms with E-state index in [0.29, 0.717) is 0 Å². The normalized spacial score (nSPS) is 11.8. The third-order valence-electron chi connectivity index (χ3n) is 2.11. The average molecular weight is 315 g/mol. The number of rotatable bonds is 1. The number of hydrogen-bond donors (Lipinski definition) is 0. The molecule has 0 unspecified atom stereocenters. The van der Waals surface area contributed by atoms with Crippen LogP contribution in [0, 0.1) is 0 Å². The fraction of sp³-hybridized carbons (Fsp3) is 0.111. The third kappa shape index (κ3) is 2.41. The van der Waals surface area contributed by atoms with Crippen LogP contribution in [0.25, 0.3) is 5.69 Å². The molecular formula is C9H3Cl2F3N2O3. The molecule has 2 rings (SSSR count). The summed E-state index contributed by atoms with van der Waals surface area (Å²) < 4.78 is 40.7. The van der Waals surface area contributed by atoms with E-state index in [-0.39, 0.29) is 20.5 Å². The number of alkyl halides is 3. The molecule has 10 heteroatoms. The molecule has 102 valence electrons. The van der Waals surface area contributed by atoms with Crippen molar-refractivity contribution in [1.82, 2.24) is 9.31 Å². The number of aromatic nitrogens is 2. The van der Waals surface area contributed by atoms with Gasteiger partial charge in [0, 0.05) is 0 Å². The summed E-state index contributed by atoms with van der Waals surface area (Å²) in [5.74, 6) is -1.84. The quantitative estimate of drug-likeness (QED) is 0.812. The maximum atomic E-state index is 12.4. The van der Waals surface area contributed by atoms with Crippen LogP contribution in [-0.4, -0.2) is 9.31 Å². The van der Waals surface area contributed by atoms with Gasteiger partial charge in [0.15, 0.2) is 0 Å². The molecule has 1 aromatic carbocycles. The van der Waals surface area contributed by atoms with Crippen LogP contribution >= 0.6 is 23.2 Å². The van der Waals surface area contributed by atoms with Gasteiger partial charge in [0.25, 0.3) is 0 Å². The first-order chi connectivity index (χ1) is 8.71. The van der Waals surface area contributed by atoms with E-state index in [1.54, 1.807) is 0 Å². The molecule has 0 saturated carbocycles. The molecule has 0 aliphatic heterocycles. The van der Waals surface area contributed by atoms with Crippen molar-refractivity contribution in [3.63, 3.8) is 0 Å². The molecule has 2 aromatic rings. The summed E-state index contributed by atoms with van der Waals surface area (Å²) >= 11 is 11.3. The molecule has 0 fully saturated rings. The van der Waals surface area contributed by atoms with Crippen molar-refractivity contribution in [2.75, 3.05) is 0 Å². The van der Waals surface area contributed by atoms with Crippen molar-refractivity contribution in [1.29, 1.82) is 0 Å². The Hall–Kier alpha value is -1.67. The van der Waals surface area contributed by atoms with Crippen molar-refractivity contribution in [3.8, 4) is 5.69 Å². The summed E-state index contributed by atoms with van der Waals surface area (Å²) in [5.41, 5.74) is -1.84. The molecule has 0 aliphatic carbocycles. The molecule has 5 nitrogen and oxygen atoms in total. The minimum absolute atomic E-state index is 0.00604. The molecule has 1 aromatic heterocycles. The number of halogens is 5. The fourth-order valence-electron chi connectivity index (χ4n) is 1.31. The first-order valence-corrected chi connectivity index (χ1v) is 5.35. The Labute approximate surface area is 112 Å². The van der Waals surface area contributed by atoms with Gasteiger partial charge in [0.2, 0.25) is 0 Å². The minimum Gasteiger partial charge on any atom is -0.311 e. The van der Waals surface area contributed by atoms with E-state index in [1.165, 1.54) is 12.1 Å². The second-order valence-corrected chi connectivity index (χ2v) is 4.15. The average Bonchev–Trinajstić information content (AvgIpc) is 2.57. The van der Waals surface area contributed by atoms with E-state index >= 15 is 0 Å². The van der Waals surface area contributed by atoms with Crippen LogP contribution in [0.3, 0.4) is 0 Å². The lowest BCUT2D eigenvalue weighted by molar-refractivity contribution is -0.209. The standard InChI is InChI=1S/C9H3Cl2F3N2O3/c10-5-2-1-4(3-6(5)11)16-7(17)15(8(18)19-16)9(12,13)14/h1-3H. The monoisotopic (exact) mass is 314 g/mol. The Morgan fingerprint density at radius 1 is 1.11 bits per heavy atom. The molecular weight excluding hydrogens is 312 g/mol. The highest BCUT2D eigenvalue weighted by molar-refractivity contribution is 6.42. The summed E-state index contributed by atoms with van der Waals surface area (Å²) in [7, 11) is 0. The summed E-state index contributed by atoms with van der Waals surface area (Å²) in [5, 5.41) is 0.129. The van der Waals surface area contributed by atoms with Crippen LogP contribution in [-0.2, 0) is 6.30 Å². The maximum Gasteiger partial charge on any atom is 0.498 e. The highest BCUT2D eigenvalue weighted by atomic mass is 35.5. The molecule has 0 bridgehead atoms. The second-order valence-electron chi connectivity index (χ2n) is 3.34. The van der Waals surface area contributed by atoms with Crippen molar-refractivity contribution in [2.24, 2.45) is 0 Å². The SMILES string of the molecule is O=c1on(-c2ccc(Cl)c(Cl)c2)c(=O)n1C(F)(F)F. The van der Waals surface area contributed by atoms with Crippen molar-refractivity contribution in [3.05, 3.63) is 49.3 Å². The lowest BCUT2D eigenvalue weighted by atomic mass is 10.3. The van der Waals surface area contributed by atoms with Crippen LogP contribution in [0.1, 0.15) is 0 Å². The van der Waals surface area contributed by atoms with E-state index in [1.807, 2.05) is 0 Å². The van der Waals surface area contributed by atoms with Gasteiger partial charge in [-0.2, -0.15) is 0 Å². The first-order valence-electron chi connectivity index (χ1n) is 4.60. The maximum absolute atomic E-state index is 12.4. The van der Waals surface area contributed by atoms with E-state index in [9.17, 15) is 22.8 Å². The van der Waals surface area contributed by atoms with Gasteiger partial charge in [0.1, 0.15) is 0 Å². The Morgan fingerprint density at radius 2 is 1.74 bits per heavy atom. The van der Waals surface area contributed by atoms with Crippen molar-refractivity contribution >= 4 is 23.2 Å². The van der Waals surface area contributed by atoms with Gasteiger partial charge < -0.3 is 4.52 Å². The van der Waals surface area contributed by atoms with E-state index in [2.05, 4.69) is 4.52 Å². The molecule has 19 heavy (non-hydrogen) atoms. The Bertz CT molecular complexity index is 744. The third-order valence-corrected chi connectivity index (χ3v) is 2.85. The summed E-state index contributed by atoms with van der Waals surface area (Å²) in [4.78, 5) is 22.5. The fourth-order valence-corrected chi connectivity index (χ4v) is 1.61. The highest BCUT2D eigenvalue weighted by Gasteiger charge is 2.38. The highest BCUT2D eigenvalue weighted by Crippen LogP contribution is 2.24. The van der Waals surface area contributed by atoms with Gasteiger partial charge in [-0.05, 0) is 18.2 Å². The van der Waals surface area contributed by atoms with E-state index < -0.39 is 22.3 Å². The number of nitrogens with zero attached hydrogens (tertiary/aromatic N) is 2. The zero-order valence-corrected chi connectivity index (χ0v) is 10.3. The number of hydrogen-bond acceptors (Lipinski definition) is 3. The van der Waals surface area contributed by atoms with Crippen molar-refractivity contribution in [2.45, 2.75) is 6.30 Å². The summed E-state index contributed by atoms with van der Waals surface area (Å²) in [6.45, 7) is 0. The molecule has 1 heterocycles. The smallest absolute Gasteiger partial charge is 0.311 e. The lowest BCUT2D eigenvalue weighted by Gasteiger charge is -2.02. The van der Waals surface area contributed by atoms with Crippen LogP contribution < -0.4 is 11.4 Å². The van der Waals surface area contributed by atoms with Gasteiger partial charge >= 0.3 is 17.7 Å². The summed E-state index contributed by atoms with van der Waals surface area (Å²) in [6.07, 6.45) is -5.17. The Morgan fingerprint density at radius 3 is 2.21 bits per heavy atom. The zero-order valence-electron chi connectivity index (χ0n) is 8.74. The van der Waals surface area contributed by atoms with Gasteiger partial charge in [-0.25, -0.2) is 9.59 Å². The second kappa shape index (κ2) is 4.46. The molecule has 0 aliphatic rings. The van der Waals surface area contributed by atoms with Gasteiger partial charge in [-0.1, -0.05) is 23.2 Å². The van der Waals surface area contributed by atoms with Crippen LogP contribution in [0.15, 0.2) is 32.3 Å². The Kier molecular flexibility index (Phi) is 3.23. The number of benzene rings is 1. The topological polar surface area (TPSA) is 57.1 Å². The Balaban J connectivity index is 2.69. The van der Waals surface area contributed by atoms with Crippen LogP contribution in [0.2, 0.25) is 10.0 Å². The van der Waals surface area contributed by atoms with Crippen LogP contribution in [0.4, 0.5) is 13.2 Å². The molecule has 0 amide bonds. The van der Waals surface area contributed by atoms with Crippen LogP contribution in [0.5, 0.6) is 0 Å². The molecule has 0 spiro atoms. The molecule has 0 atom stereocenters. The first kappa shape index (κ1) is 13.8. The van der Waals surface area contributed by atoms with E-state index in [0.717, 1.165) is 6.07 Å². The van der Waals surface area contributed by atoms with Gasteiger partial charge in [0.05, 0.1) is 15.7 Å². The van der Waals surface area contributed by atoms with Gasteiger partial charge in [-0.15, -0.1) is 22.5 Å². The molecule has 0 radical (unpaired) electrons. The largest absolute Gasteiger partial charge is 0.498 e. The summed E-state index contributed by atoms with van der Waals surface area (Å²) in [6, 6.07) is 3.52. The van der Waals surface area contributed by atoms with Gasteiger partial charge in [-0.3, -0.25) is 0 Å². The predicted octanol–water partition coefficient (Wildman–Crippen LogP) is 2.38.